The van der Waals surface area contributed by atoms with E-state index >= 15 is 0 Å². The molecule has 0 spiro atoms. The molecule has 1 aromatic rings. The molecule has 1 rings (SSSR count). The van der Waals surface area contributed by atoms with Crippen LogP contribution in [-0.4, -0.2) is 51.1 Å². The van der Waals surface area contributed by atoms with Gasteiger partial charge in [0, 0.05) is 32.9 Å². The molecule has 0 saturated carbocycles. The van der Waals surface area contributed by atoms with Crippen molar-refractivity contribution >= 4 is 15.8 Å². The van der Waals surface area contributed by atoms with Gasteiger partial charge in [-0.25, -0.2) is 13.4 Å². The zero-order chi connectivity index (χ0) is 14.5. The van der Waals surface area contributed by atoms with Crippen LogP contribution in [0, 0.1) is 0 Å². The van der Waals surface area contributed by atoms with Crippen LogP contribution < -0.4 is 5.32 Å². The predicted molar refractivity (Wildman–Crippen MR) is 74.7 cm³/mol. The number of aromatic nitrogens is 1. The standard InChI is InChI=1S/C12H21N3O3S/c1-10(2)15(7-8-18-4)19(16,17)11-5-6-12(13-3)14-9-11/h5-6,9-10H,7-8H2,1-4H3,(H,13,14). The van der Waals surface area contributed by atoms with E-state index in [-0.39, 0.29) is 10.9 Å². The molecular weight excluding hydrogens is 266 g/mol. The van der Waals surface area contributed by atoms with Crippen molar-refractivity contribution in [1.29, 1.82) is 0 Å². The Labute approximate surface area is 114 Å². The van der Waals surface area contributed by atoms with Gasteiger partial charge in [-0.15, -0.1) is 0 Å². The van der Waals surface area contributed by atoms with E-state index in [4.69, 9.17) is 4.74 Å². The lowest BCUT2D eigenvalue weighted by Crippen LogP contribution is -2.39. The Balaban J connectivity index is 3.04. The van der Waals surface area contributed by atoms with E-state index in [1.54, 1.807) is 26.3 Å². The smallest absolute Gasteiger partial charge is 0.244 e. The summed E-state index contributed by atoms with van der Waals surface area (Å²) in [5.41, 5.74) is 0. The Morgan fingerprint density at radius 2 is 2.11 bits per heavy atom. The summed E-state index contributed by atoms with van der Waals surface area (Å²) in [6, 6.07) is 3.06. The molecule has 0 bridgehead atoms. The first-order chi connectivity index (χ1) is 8.93. The second-order valence-corrected chi connectivity index (χ2v) is 6.22. The van der Waals surface area contributed by atoms with Gasteiger partial charge < -0.3 is 10.1 Å². The maximum absolute atomic E-state index is 12.5. The van der Waals surface area contributed by atoms with Gasteiger partial charge in [-0.05, 0) is 26.0 Å². The molecule has 0 aliphatic heterocycles. The minimum atomic E-state index is -3.53. The van der Waals surface area contributed by atoms with E-state index in [0.29, 0.717) is 19.0 Å². The number of methoxy groups -OCH3 is 1. The van der Waals surface area contributed by atoms with Crippen LogP contribution in [0.1, 0.15) is 13.8 Å². The maximum Gasteiger partial charge on any atom is 0.244 e. The van der Waals surface area contributed by atoms with Crippen molar-refractivity contribution in [2.45, 2.75) is 24.8 Å². The lowest BCUT2D eigenvalue weighted by molar-refractivity contribution is 0.171. The van der Waals surface area contributed by atoms with Crippen molar-refractivity contribution in [3.8, 4) is 0 Å². The molecule has 0 fully saturated rings. The molecular formula is C12H21N3O3S. The number of hydrogen-bond donors (Lipinski definition) is 1. The molecule has 0 unspecified atom stereocenters. The van der Waals surface area contributed by atoms with Crippen molar-refractivity contribution in [1.82, 2.24) is 9.29 Å². The molecule has 7 heteroatoms. The van der Waals surface area contributed by atoms with Crippen LogP contribution in [0.25, 0.3) is 0 Å². The maximum atomic E-state index is 12.5. The molecule has 19 heavy (non-hydrogen) atoms. The number of nitrogens with zero attached hydrogens (tertiary/aromatic N) is 2. The van der Waals surface area contributed by atoms with Crippen LogP contribution in [0.2, 0.25) is 0 Å². The number of rotatable bonds is 7. The molecule has 0 atom stereocenters. The number of hydrogen-bond acceptors (Lipinski definition) is 5. The highest BCUT2D eigenvalue weighted by atomic mass is 32.2. The number of pyridine rings is 1. The fraction of sp³-hybridized carbons (Fsp3) is 0.583. The molecule has 0 radical (unpaired) electrons. The average Bonchev–Trinajstić information content (AvgIpc) is 2.38. The van der Waals surface area contributed by atoms with E-state index in [0.717, 1.165) is 0 Å². The highest BCUT2D eigenvalue weighted by molar-refractivity contribution is 7.89. The van der Waals surface area contributed by atoms with Gasteiger partial charge in [0.1, 0.15) is 10.7 Å². The van der Waals surface area contributed by atoms with E-state index < -0.39 is 10.0 Å². The Kier molecular flexibility index (Phi) is 5.71. The highest BCUT2D eigenvalue weighted by Gasteiger charge is 2.26. The molecule has 0 aromatic carbocycles. The van der Waals surface area contributed by atoms with Crippen LogP contribution in [0.4, 0.5) is 5.82 Å². The zero-order valence-corrected chi connectivity index (χ0v) is 12.6. The summed E-state index contributed by atoms with van der Waals surface area (Å²) in [5.74, 6) is 0.631. The quantitative estimate of drug-likeness (QED) is 0.815. The first kappa shape index (κ1) is 15.9. The minimum absolute atomic E-state index is 0.135. The molecule has 1 heterocycles. The molecule has 0 saturated heterocycles. The summed E-state index contributed by atoms with van der Waals surface area (Å²) < 4.78 is 31.3. The molecule has 6 nitrogen and oxygen atoms in total. The van der Waals surface area contributed by atoms with Crippen LogP contribution in [-0.2, 0) is 14.8 Å². The Hall–Kier alpha value is -1.18. The highest BCUT2D eigenvalue weighted by Crippen LogP contribution is 2.18. The number of ether oxygens (including phenoxy) is 1. The van der Waals surface area contributed by atoms with Crippen molar-refractivity contribution in [3.05, 3.63) is 18.3 Å². The summed E-state index contributed by atoms with van der Waals surface area (Å²) in [5, 5.41) is 2.85. The van der Waals surface area contributed by atoms with Crippen LogP contribution in [0.5, 0.6) is 0 Å². The topological polar surface area (TPSA) is 71.5 Å². The molecule has 0 aliphatic rings. The van der Waals surface area contributed by atoms with Crippen LogP contribution in [0.15, 0.2) is 23.2 Å². The summed E-state index contributed by atoms with van der Waals surface area (Å²) in [6.07, 6.45) is 1.36. The molecule has 108 valence electrons. The van der Waals surface area contributed by atoms with Crippen molar-refractivity contribution in [2.24, 2.45) is 0 Å². The van der Waals surface area contributed by atoms with Gasteiger partial charge in [0.2, 0.25) is 10.0 Å². The number of anilines is 1. The Morgan fingerprint density at radius 1 is 1.42 bits per heavy atom. The van der Waals surface area contributed by atoms with Gasteiger partial charge in [-0.1, -0.05) is 0 Å². The lowest BCUT2D eigenvalue weighted by atomic mass is 10.4. The van der Waals surface area contributed by atoms with Gasteiger partial charge in [-0.2, -0.15) is 4.31 Å². The second kappa shape index (κ2) is 6.83. The number of sulfonamides is 1. The second-order valence-electron chi connectivity index (χ2n) is 4.33. The van der Waals surface area contributed by atoms with Gasteiger partial charge in [0.25, 0.3) is 0 Å². The fourth-order valence-electron chi connectivity index (χ4n) is 1.65. The SMILES string of the molecule is CNc1ccc(S(=O)(=O)N(CCOC)C(C)C)cn1. The summed E-state index contributed by atoms with van der Waals surface area (Å²) in [4.78, 5) is 4.23. The summed E-state index contributed by atoms with van der Waals surface area (Å²) in [6.45, 7) is 4.36. The normalized spacial score (nSPS) is 12.1. The number of nitrogens with one attached hydrogen (secondary N) is 1. The van der Waals surface area contributed by atoms with Gasteiger partial charge in [0.15, 0.2) is 0 Å². The first-order valence-electron chi connectivity index (χ1n) is 6.08. The minimum Gasteiger partial charge on any atom is -0.383 e. The molecule has 0 amide bonds. The van der Waals surface area contributed by atoms with Crippen molar-refractivity contribution in [3.63, 3.8) is 0 Å². The van der Waals surface area contributed by atoms with Crippen molar-refractivity contribution < 1.29 is 13.2 Å². The monoisotopic (exact) mass is 287 g/mol. The Bertz CT molecular complexity index is 485. The van der Waals surface area contributed by atoms with E-state index in [9.17, 15) is 8.42 Å². The van der Waals surface area contributed by atoms with Gasteiger partial charge >= 0.3 is 0 Å². The lowest BCUT2D eigenvalue weighted by Gasteiger charge is -2.25. The third-order valence-corrected chi connectivity index (χ3v) is 4.75. The predicted octanol–water partition coefficient (Wildman–Crippen LogP) is 1.17. The molecule has 0 aliphatic carbocycles. The van der Waals surface area contributed by atoms with Crippen LogP contribution in [0.3, 0.4) is 0 Å². The van der Waals surface area contributed by atoms with Crippen LogP contribution >= 0.6 is 0 Å². The largest absolute Gasteiger partial charge is 0.383 e. The van der Waals surface area contributed by atoms with Crippen molar-refractivity contribution in [2.75, 3.05) is 32.6 Å². The van der Waals surface area contributed by atoms with E-state index in [2.05, 4.69) is 10.3 Å². The van der Waals surface area contributed by atoms with Gasteiger partial charge in [-0.3, -0.25) is 0 Å². The first-order valence-corrected chi connectivity index (χ1v) is 7.52. The zero-order valence-electron chi connectivity index (χ0n) is 11.8. The average molecular weight is 287 g/mol. The fourth-order valence-corrected chi connectivity index (χ4v) is 3.22. The van der Waals surface area contributed by atoms with Gasteiger partial charge in [0.05, 0.1) is 6.61 Å². The summed E-state index contributed by atoms with van der Waals surface area (Å²) in [7, 11) is -0.253. The Morgan fingerprint density at radius 3 is 2.53 bits per heavy atom. The third kappa shape index (κ3) is 3.89. The molecule has 1 N–H and O–H groups in total. The van der Waals surface area contributed by atoms with E-state index in [1.807, 2.05) is 13.8 Å². The van der Waals surface area contributed by atoms with E-state index in [1.165, 1.54) is 10.5 Å². The summed E-state index contributed by atoms with van der Waals surface area (Å²) >= 11 is 0. The third-order valence-electron chi connectivity index (χ3n) is 2.69. The molecule has 1 aromatic heterocycles.